The van der Waals surface area contributed by atoms with Crippen LogP contribution >= 0.6 is 7.75 Å². The smallest absolute Gasteiger partial charge is 0.405 e. The molecule has 0 saturated carbocycles. The van der Waals surface area contributed by atoms with Crippen LogP contribution in [0.5, 0.6) is 0 Å². The minimum Gasteiger partial charge on any atom is -0.481 e. The molecule has 10 nitrogen and oxygen atoms in total. The van der Waals surface area contributed by atoms with Crippen molar-refractivity contribution >= 4 is 26.2 Å². The molecule has 0 aromatic heterocycles. The average Bonchev–Trinajstić information content (AvgIpc) is 2.24. The van der Waals surface area contributed by atoms with E-state index in [9.17, 15) is 23.8 Å². The summed E-state index contributed by atoms with van der Waals surface area (Å²) in [6, 6.07) is 0. The van der Waals surface area contributed by atoms with Gasteiger partial charge in [-0.2, -0.15) is 5.09 Å². The van der Waals surface area contributed by atoms with Crippen molar-refractivity contribution in [1.29, 1.82) is 0 Å². The molecule has 3 atom stereocenters. The third-order valence-corrected chi connectivity index (χ3v) is 3.76. The van der Waals surface area contributed by atoms with E-state index in [0.717, 1.165) is 0 Å². The number of nitrogens with one attached hydrogen (secondary N) is 1. The lowest BCUT2D eigenvalue weighted by Crippen LogP contribution is -2.35. The molecule has 0 aliphatic rings. The Morgan fingerprint density at radius 3 is 2.23 bits per heavy atom. The van der Waals surface area contributed by atoms with Crippen LogP contribution in [0.1, 0.15) is 27.2 Å². The number of aliphatic carboxylic acids is 2. The molecule has 0 aliphatic carbocycles. The monoisotopic (exact) mass is 341 g/mol. The molecule has 0 aliphatic heterocycles. The van der Waals surface area contributed by atoms with Gasteiger partial charge >= 0.3 is 19.7 Å². The first-order chi connectivity index (χ1) is 9.89. The van der Waals surface area contributed by atoms with Gasteiger partial charge in [0.15, 0.2) is 6.23 Å². The molecule has 0 aromatic carbocycles. The van der Waals surface area contributed by atoms with E-state index in [1.165, 1.54) is 0 Å². The predicted octanol–water partition coefficient (Wildman–Crippen LogP) is 0.414. The summed E-state index contributed by atoms with van der Waals surface area (Å²) in [6.45, 7) is 4.19. The second-order valence-electron chi connectivity index (χ2n) is 5.52. The minimum absolute atomic E-state index is 0.0875. The van der Waals surface area contributed by atoms with Crippen LogP contribution in [0.25, 0.3) is 0 Å². The lowest BCUT2D eigenvalue weighted by atomic mass is 9.81. The van der Waals surface area contributed by atoms with E-state index >= 15 is 0 Å². The summed E-state index contributed by atoms with van der Waals surface area (Å²) in [5.74, 6) is -3.66. The summed E-state index contributed by atoms with van der Waals surface area (Å²) >= 11 is 0. The quantitative estimate of drug-likeness (QED) is 0.249. The van der Waals surface area contributed by atoms with E-state index < -0.39 is 50.3 Å². The molecule has 0 heterocycles. The summed E-state index contributed by atoms with van der Waals surface area (Å²) in [7, 11) is -4.56. The fraction of sp³-hybridized carbons (Fsp3) is 0.727. The van der Waals surface area contributed by atoms with Crippen molar-refractivity contribution in [2.75, 3.05) is 6.61 Å². The van der Waals surface area contributed by atoms with Crippen LogP contribution in [0.4, 0.5) is 0 Å². The van der Waals surface area contributed by atoms with E-state index in [1.54, 1.807) is 20.8 Å². The van der Waals surface area contributed by atoms with Gasteiger partial charge in [-0.1, -0.05) is 20.8 Å². The van der Waals surface area contributed by atoms with E-state index in [1.807, 2.05) is 5.09 Å². The lowest BCUT2D eigenvalue weighted by molar-refractivity contribution is -0.147. The number of hydrogen-bond donors (Lipinski definition) is 4. The molecule has 3 unspecified atom stereocenters. The van der Waals surface area contributed by atoms with Gasteiger partial charge < -0.3 is 19.8 Å². The number of hydrogen-bond acceptors (Lipinski definition) is 6. The molecule has 0 aromatic rings. The number of rotatable bonds is 10. The van der Waals surface area contributed by atoms with Gasteiger partial charge in [-0.15, -0.1) is 0 Å². The van der Waals surface area contributed by atoms with Gasteiger partial charge in [0, 0.05) is 0 Å². The van der Waals surface area contributed by atoms with E-state index in [0.29, 0.717) is 0 Å². The Hall–Kier alpha value is -1.48. The van der Waals surface area contributed by atoms with Crippen LogP contribution in [0.2, 0.25) is 0 Å². The maximum absolute atomic E-state index is 11.8. The van der Waals surface area contributed by atoms with Crippen LogP contribution in [0.3, 0.4) is 0 Å². The van der Waals surface area contributed by atoms with Gasteiger partial charge in [0.1, 0.15) is 0 Å². The van der Waals surface area contributed by atoms with Crippen LogP contribution < -0.4 is 5.09 Å². The molecule has 11 heteroatoms. The van der Waals surface area contributed by atoms with Crippen molar-refractivity contribution in [3.63, 3.8) is 0 Å². The zero-order valence-electron chi connectivity index (χ0n) is 12.4. The standard InChI is InChI=1S/C11H20NO9P/c1-11(2,3)7(10(16)17)5-21-22(18,19)12-8(20-6-13)4-9(14)15/h6-8H,4-5H2,1-3H3,(H,14,15)(H,16,17)(H2,12,18,19). The molecule has 4 N–H and O–H groups in total. The van der Waals surface area contributed by atoms with E-state index in [2.05, 4.69) is 9.26 Å². The number of carboxylic acid groups (broad SMARTS) is 2. The highest BCUT2D eigenvalue weighted by atomic mass is 31.2. The molecule has 22 heavy (non-hydrogen) atoms. The second kappa shape index (κ2) is 8.23. The zero-order valence-corrected chi connectivity index (χ0v) is 13.3. The SMILES string of the molecule is CC(C)(C)C(COP(=O)(O)NC(CC(=O)O)OC=O)C(=O)O. The molecule has 0 spiro atoms. The van der Waals surface area contributed by atoms with Crippen molar-refractivity contribution in [2.24, 2.45) is 11.3 Å². The summed E-state index contributed by atoms with van der Waals surface area (Å²) in [6.07, 6.45) is -2.35. The van der Waals surface area contributed by atoms with Crippen LogP contribution in [-0.4, -0.2) is 46.4 Å². The molecule has 0 radical (unpaired) electrons. The molecular weight excluding hydrogens is 321 g/mol. The number of carbonyl (C=O) groups excluding carboxylic acids is 1. The fourth-order valence-corrected chi connectivity index (χ4v) is 2.38. The third-order valence-electron chi connectivity index (χ3n) is 2.65. The topological polar surface area (TPSA) is 159 Å². The van der Waals surface area contributed by atoms with Gasteiger partial charge in [-0.3, -0.25) is 18.9 Å². The highest BCUT2D eigenvalue weighted by molar-refractivity contribution is 7.50. The first kappa shape index (κ1) is 20.5. The maximum Gasteiger partial charge on any atom is 0.405 e. The van der Waals surface area contributed by atoms with E-state index in [4.69, 9.17) is 10.2 Å². The summed E-state index contributed by atoms with van der Waals surface area (Å²) in [5.41, 5.74) is -0.731. The Bertz CT molecular complexity index is 459. The summed E-state index contributed by atoms with van der Waals surface area (Å²) in [4.78, 5) is 41.4. The van der Waals surface area contributed by atoms with Gasteiger partial charge in [0.05, 0.1) is 18.9 Å². The van der Waals surface area contributed by atoms with E-state index in [-0.39, 0.29) is 6.47 Å². The molecule has 0 bridgehead atoms. The van der Waals surface area contributed by atoms with Gasteiger partial charge in [-0.25, -0.2) is 4.57 Å². The van der Waals surface area contributed by atoms with Crippen molar-refractivity contribution in [1.82, 2.24) is 5.09 Å². The number of carbonyl (C=O) groups is 3. The molecule has 0 saturated heterocycles. The third kappa shape index (κ3) is 8.08. The van der Waals surface area contributed by atoms with Crippen molar-refractivity contribution in [2.45, 2.75) is 33.4 Å². The van der Waals surface area contributed by atoms with Crippen LogP contribution in [-0.2, 0) is 28.2 Å². The first-order valence-electron chi connectivity index (χ1n) is 6.18. The minimum atomic E-state index is -4.56. The highest BCUT2D eigenvalue weighted by Gasteiger charge is 2.35. The first-order valence-corrected chi connectivity index (χ1v) is 7.75. The second-order valence-corrected chi connectivity index (χ2v) is 7.08. The molecule has 128 valence electrons. The van der Waals surface area contributed by atoms with Crippen molar-refractivity contribution < 1.29 is 43.3 Å². The predicted molar refractivity (Wildman–Crippen MR) is 72.7 cm³/mol. The Labute approximate surface area is 127 Å². The number of carboxylic acids is 2. The average molecular weight is 341 g/mol. The van der Waals surface area contributed by atoms with Crippen LogP contribution in [0.15, 0.2) is 0 Å². The lowest BCUT2D eigenvalue weighted by Gasteiger charge is -2.28. The maximum atomic E-state index is 11.8. The normalized spacial score (nSPS) is 17.1. The Morgan fingerprint density at radius 1 is 1.32 bits per heavy atom. The Balaban J connectivity index is 4.79. The molecule has 0 amide bonds. The molecular formula is C11H20NO9P. The molecule has 0 rings (SSSR count). The fourth-order valence-electron chi connectivity index (χ4n) is 1.44. The zero-order chi connectivity index (χ0) is 17.6. The largest absolute Gasteiger partial charge is 0.481 e. The van der Waals surface area contributed by atoms with Gasteiger partial charge in [0.25, 0.3) is 6.47 Å². The Kier molecular flexibility index (Phi) is 7.68. The van der Waals surface area contributed by atoms with Crippen molar-refractivity contribution in [3.05, 3.63) is 0 Å². The summed E-state index contributed by atoms with van der Waals surface area (Å²) in [5, 5.41) is 19.5. The van der Waals surface area contributed by atoms with Gasteiger partial charge in [0.2, 0.25) is 0 Å². The highest BCUT2D eigenvalue weighted by Crippen LogP contribution is 2.40. The van der Waals surface area contributed by atoms with Crippen LogP contribution in [0, 0.1) is 11.3 Å². The summed E-state index contributed by atoms with van der Waals surface area (Å²) < 4.78 is 20.8. The molecule has 0 fully saturated rings. The van der Waals surface area contributed by atoms with Crippen molar-refractivity contribution in [3.8, 4) is 0 Å². The van der Waals surface area contributed by atoms with Gasteiger partial charge in [-0.05, 0) is 5.41 Å². The number of ether oxygens (including phenoxy) is 1. The Morgan fingerprint density at radius 2 is 1.86 bits per heavy atom.